The Labute approximate surface area is 174 Å². The van der Waals surface area contributed by atoms with Crippen molar-refractivity contribution in [3.05, 3.63) is 68.3 Å². The highest BCUT2D eigenvalue weighted by Crippen LogP contribution is 2.24. The quantitative estimate of drug-likeness (QED) is 0.681. The van der Waals surface area contributed by atoms with Gasteiger partial charge in [-0.05, 0) is 38.5 Å². The molecule has 0 saturated heterocycles. The fraction of sp³-hybridized carbons (Fsp3) is 0.238. The van der Waals surface area contributed by atoms with Crippen molar-refractivity contribution >= 4 is 16.8 Å². The molecule has 0 unspecified atom stereocenters. The lowest BCUT2D eigenvalue weighted by molar-refractivity contribution is -0.121. The summed E-state index contributed by atoms with van der Waals surface area (Å²) in [4.78, 5) is 36.0. The number of nitrogens with zero attached hydrogens (tertiary/aromatic N) is 4. The topological polar surface area (TPSA) is 135 Å². The molecule has 2 N–H and O–H groups in total. The Morgan fingerprint density at radius 2 is 2.07 bits per heavy atom. The van der Waals surface area contributed by atoms with Crippen LogP contribution >= 0.6 is 0 Å². The molecule has 0 spiro atoms. The maximum atomic E-state index is 14.0. The number of hydrogen-bond acceptors (Lipinski definition) is 6. The highest BCUT2D eigenvalue weighted by Gasteiger charge is 2.20. The van der Waals surface area contributed by atoms with E-state index in [1.165, 1.54) is 12.3 Å². The Bertz CT molecular complexity index is 1330. The van der Waals surface area contributed by atoms with Gasteiger partial charge in [0.05, 0.1) is 41.1 Å². The first-order chi connectivity index (χ1) is 14.3. The van der Waals surface area contributed by atoms with E-state index in [-0.39, 0.29) is 31.5 Å². The minimum atomic E-state index is -0.695. The van der Waals surface area contributed by atoms with Crippen molar-refractivity contribution < 1.29 is 12.0 Å². The van der Waals surface area contributed by atoms with Crippen molar-refractivity contribution in [3.8, 4) is 12.1 Å². The van der Waals surface area contributed by atoms with Crippen LogP contribution < -0.4 is 10.9 Å². The first kappa shape index (κ1) is 20.6. The second kappa shape index (κ2) is 8.10. The first-order valence-corrected chi connectivity index (χ1v) is 9.03. The van der Waals surface area contributed by atoms with Gasteiger partial charge in [-0.2, -0.15) is 10.5 Å². The maximum Gasteiger partial charge on any atom is 0.252 e. The van der Waals surface area contributed by atoms with Gasteiger partial charge in [-0.3, -0.25) is 14.6 Å². The SMILES string of the molecule is Cc1nc(C#N)cnc1[C@H](C)NC(=O)Cc1c(C)c2c(C#N)c(F)ccc2[nH]c1=O.[HH].[HH]. The fourth-order valence-corrected chi connectivity index (χ4v) is 3.40. The average Bonchev–Trinajstić information content (AvgIpc) is 2.71. The van der Waals surface area contributed by atoms with Gasteiger partial charge in [0.25, 0.3) is 5.56 Å². The minimum Gasteiger partial charge on any atom is -0.348 e. The molecule has 3 rings (SSSR count). The average molecular weight is 408 g/mol. The number of pyridine rings is 1. The lowest BCUT2D eigenvalue weighted by atomic mass is 9.98. The first-order valence-electron chi connectivity index (χ1n) is 9.03. The van der Waals surface area contributed by atoms with E-state index in [1.54, 1.807) is 20.8 Å². The van der Waals surface area contributed by atoms with Crippen molar-refractivity contribution in [3.63, 3.8) is 0 Å². The van der Waals surface area contributed by atoms with Gasteiger partial charge in [-0.1, -0.05) is 0 Å². The summed E-state index contributed by atoms with van der Waals surface area (Å²) in [6.07, 6.45) is 1.06. The standard InChI is InChI=1S/C21H17FN6O2.2H2/c1-10-14(21(30)28-17-5-4-16(22)15(8-24)19(10)17)6-18(29)27-12(3)20-11(2)26-13(7-23)9-25-20;;/h4-5,9,12H,6H2,1-3H3,(H,27,29)(H,28,30);2*1H/t12-;;/m0../s1. The fourth-order valence-electron chi connectivity index (χ4n) is 3.40. The van der Waals surface area contributed by atoms with E-state index >= 15 is 0 Å². The van der Waals surface area contributed by atoms with E-state index in [2.05, 4.69) is 20.3 Å². The van der Waals surface area contributed by atoms with Gasteiger partial charge in [0, 0.05) is 13.8 Å². The van der Waals surface area contributed by atoms with Crippen molar-refractivity contribution in [1.29, 1.82) is 10.5 Å². The van der Waals surface area contributed by atoms with E-state index in [0.717, 1.165) is 6.07 Å². The summed E-state index contributed by atoms with van der Waals surface area (Å²) >= 11 is 0. The number of carbonyl (C=O) groups is 1. The number of aromatic nitrogens is 3. The number of H-pyrrole nitrogens is 1. The zero-order valence-corrected chi connectivity index (χ0v) is 16.5. The number of halogens is 1. The van der Waals surface area contributed by atoms with Gasteiger partial charge in [-0.15, -0.1) is 0 Å². The monoisotopic (exact) mass is 408 g/mol. The van der Waals surface area contributed by atoms with Crippen LogP contribution in [0.15, 0.2) is 23.1 Å². The molecule has 0 fully saturated rings. The molecule has 0 aliphatic rings. The summed E-state index contributed by atoms with van der Waals surface area (Å²) in [7, 11) is 0. The molecule has 30 heavy (non-hydrogen) atoms. The van der Waals surface area contributed by atoms with Crippen molar-refractivity contribution in [2.45, 2.75) is 33.2 Å². The molecule has 0 radical (unpaired) electrons. The maximum absolute atomic E-state index is 14.0. The zero-order valence-electron chi connectivity index (χ0n) is 16.5. The van der Waals surface area contributed by atoms with Crippen LogP contribution in [0.5, 0.6) is 0 Å². The van der Waals surface area contributed by atoms with Gasteiger partial charge in [0.15, 0.2) is 5.69 Å². The molecule has 2 heterocycles. The van der Waals surface area contributed by atoms with Gasteiger partial charge in [-0.25, -0.2) is 9.37 Å². The van der Waals surface area contributed by atoms with Crippen LogP contribution in [0, 0.1) is 42.3 Å². The second-order valence-corrected chi connectivity index (χ2v) is 6.82. The van der Waals surface area contributed by atoms with Crippen molar-refractivity contribution in [2.24, 2.45) is 0 Å². The largest absolute Gasteiger partial charge is 0.348 e. The number of amides is 1. The number of nitrogens with one attached hydrogen (secondary N) is 2. The molecule has 8 nitrogen and oxygen atoms in total. The molecule has 1 atom stereocenters. The smallest absolute Gasteiger partial charge is 0.252 e. The number of aryl methyl sites for hydroxylation is 2. The van der Waals surface area contributed by atoms with Gasteiger partial charge in [0.1, 0.15) is 18.0 Å². The summed E-state index contributed by atoms with van der Waals surface area (Å²) in [5.41, 5.74) is 1.38. The number of carbonyl (C=O) groups excluding carboxylic acids is 1. The summed E-state index contributed by atoms with van der Waals surface area (Å²) in [5, 5.41) is 21.2. The summed E-state index contributed by atoms with van der Waals surface area (Å²) in [6, 6.07) is 5.71. The van der Waals surface area contributed by atoms with Crippen molar-refractivity contribution in [2.75, 3.05) is 0 Å². The summed E-state index contributed by atoms with van der Waals surface area (Å²) in [6.45, 7) is 4.98. The molecule has 1 amide bonds. The van der Waals surface area contributed by atoms with Gasteiger partial charge < -0.3 is 10.3 Å². The molecule has 2 aromatic heterocycles. The van der Waals surface area contributed by atoms with E-state index < -0.39 is 23.3 Å². The number of hydrogen-bond donors (Lipinski definition) is 2. The van der Waals surface area contributed by atoms with Crippen molar-refractivity contribution in [1.82, 2.24) is 20.3 Å². The Balaban J connectivity index is 0.00000256. The predicted molar refractivity (Wildman–Crippen MR) is 110 cm³/mol. The molecule has 9 heteroatoms. The second-order valence-electron chi connectivity index (χ2n) is 6.82. The number of benzene rings is 1. The Hall–Kier alpha value is -4.11. The zero-order chi connectivity index (χ0) is 22.0. The Morgan fingerprint density at radius 1 is 1.33 bits per heavy atom. The third-order valence-corrected chi connectivity index (χ3v) is 4.84. The van der Waals surface area contributed by atoms with E-state index in [9.17, 15) is 19.2 Å². The van der Waals surface area contributed by atoms with Gasteiger partial charge >= 0.3 is 0 Å². The van der Waals surface area contributed by atoms with Crippen LogP contribution in [0.1, 0.15) is 49.6 Å². The highest BCUT2D eigenvalue weighted by atomic mass is 19.1. The summed E-state index contributed by atoms with van der Waals surface area (Å²) in [5.74, 6) is -1.14. The molecule has 0 saturated carbocycles. The van der Waals surface area contributed by atoms with Crippen LogP contribution in [-0.4, -0.2) is 20.9 Å². The molecular formula is C21H21FN6O2. The van der Waals surface area contributed by atoms with E-state index in [1.807, 2.05) is 12.1 Å². The van der Waals surface area contributed by atoms with Crippen LogP contribution in [0.3, 0.4) is 0 Å². The predicted octanol–water partition coefficient (Wildman–Crippen LogP) is 2.73. The number of aromatic amines is 1. The van der Waals surface area contributed by atoms with Crippen LogP contribution in [0.4, 0.5) is 4.39 Å². The van der Waals surface area contributed by atoms with Crippen LogP contribution in [-0.2, 0) is 11.2 Å². The molecular weight excluding hydrogens is 387 g/mol. The van der Waals surface area contributed by atoms with Crippen LogP contribution in [0.2, 0.25) is 0 Å². The third-order valence-electron chi connectivity index (χ3n) is 4.84. The molecule has 154 valence electrons. The number of fused-ring (bicyclic) bond motifs is 1. The highest BCUT2D eigenvalue weighted by molar-refractivity contribution is 5.90. The minimum absolute atomic E-state index is 0. The Kier molecular flexibility index (Phi) is 5.56. The molecule has 0 aliphatic carbocycles. The van der Waals surface area contributed by atoms with Crippen LogP contribution in [0.25, 0.3) is 10.9 Å². The van der Waals surface area contributed by atoms with Gasteiger partial charge in [0.2, 0.25) is 5.91 Å². The molecule has 0 bridgehead atoms. The number of nitriles is 2. The summed E-state index contributed by atoms with van der Waals surface area (Å²) < 4.78 is 14.0. The molecule has 1 aromatic carbocycles. The Morgan fingerprint density at radius 3 is 2.70 bits per heavy atom. The normalized spacial score (nSPS) is 11.5. The van der Waals surface area contributed by atoms with E-state index in [4.69, 9.17) is 5.26 Å². The van der Waals surface area contributed by atoms with E-state index in [0.29, 0.717) is 22.5 Å². The third kappa shape index (κ3) is 3.74. The molecule has 0 aliphatic heterocycles. The number of rotatable bonds is 4. The lowest BCUT2D eigenvalue weighted by Crippen LogP contribution is -2.31. The molecule has 3 aromatic rings. The lowest BCUT2D eigenvalue weighted by Gasteiger charge is -2.16.